The van der Waals surface area contributed by atoms with Gasteiger partial charge in [0.05, 0.1) is 24.0 Å². The highest BCUT2D eigenvalue weighted by atomic mass is 16.2. The Kier molecular flexibility index (Phi) is 7.09. The minimum Gasteiger partial charge on any atom is -0.352 e. The number of likely N-dealkylation sites (tertiary alicyclic amines) is 1. The predicted molar refractivity (Wildman–Crippen MR) is 152 cm³/mol. The molecule has 0 spiro atoms. The van der Waals surface area contributed by atoms with Crippen molar-refractivity contribution in [1.29, 1.82) is 0 Å². The molecule has 1 atom stereocenters. The number of nitrogens with one attached hydrogen (secondary N) is 3. The quantitative estimate of drug-likeness (QED) is 0.318. The van der Waals surface area contributed by atoms with Gasteiger partial charge in [-0.1, -0.05) is 60.7 Å². The molecule has 9 heteroatoms. The second-order valence-electron chi connectivity index (χ2n) is 10.1. The maximum absolute atomic E-state index is 13.2. The minimum absolute atomic E-state index is 0.0374. The number of fused-ring (bicyclic) bond motifs is 2. The summed E-state index contributed by atoms with van der Waals surface area (Å²) >= 11 is 0. The second-order valence-corrected chi connectivity index (χ2v) is 10.1. The van der Waals surface area contributed by atoms with Crippen LogP contribution in [0.3, 0.4) is 0 Å². The Morgan fingerprint density at radius 1 is 0.975 bits per heavy atom. The highest BCUT2D eigenvalue weighted by Crippen LogP contribution is 2.24. The first kappa shape index (κ1) is 25.5. The normalized spacial score (nSPS) is 15.1. The number of H-pyrrole nitrogens is 2. The number of para-hydroxylation sites is 2. The van der Waals surface area contributed by atoms with Crippen LogP contribution in [0.25, 0.3) is 33.1 Å². The van der Waals surface area contributed by atoms with Gasteiger partial charge < -0.3 is 10.2 Å². The van der Waals surface area contributed by atoms with Crippen LogP contribution < -0.4 is 15.9 Å². The monoisotopic (exact) mass is 535 g/mol. The van der Waals surface area contributed by atoms with Crippen molar-refractivity contribution in [2.24, 2.45) is 0 Å². The number of hydrogen-bond acceptors (Lipinski definition) is 4. The summed E-state index contributed by atoms with van der Waals surface area (Å²) < 4.78 is 1.42. The molecule has 0 aliphatic carbocycles. The van der Waals surface area contributed by atoms with Gasteiger partial charge in [-0.3, -0.25) is 14.4 Å². The van der Waals surface area contributed by atoms with E-state index in [1.54, 1.807) is 11.0 Å². The van der Waals surface area contributed by atoms with E-state index >= 15 is 0 Å². The van der Waals surface area contributed by atoms with Crippen molar-refractivity contribution < 1.29 is 14.6 Å². The molecule has 2 amide bonds. The highest BCUT2D eigenvalue weighted by molar-refractivity contribution is 5.93. The molecule has 40 heavy (non-hydrogen) atoms. The average molecular weight is 536 g/mol. The smallest absolute Gasteiger partial charge is 0.274 e. The van der Waals surface area contributed by atoms with Crippen molar-refractivity contribution in [3.63, 3.8) is 0 Å². The topological polar surface area (TPSA) is 114 Å². The zero-order valence-corrected chi connectivity index (χ0v) is 22.1. The molecule has 3 aromatic carbocycles. The molecular weight excluding hydrogens is 504 g/mol. The summed E-state index contributed by atoms with van der Waals surface area (Å²) in [4.78, 5) is 47.6. The molecule has 3 N–H and O–H groups in total. The van der Waals surface area contributed by atoms with E-state index in [1.807, 2.05) is 72.8 Å². The third-order valence-corrected chi connectivity index (χ3v) is 7.50. The van der Waals surface area contributed by atoms with Crippen LogP contribution in [0.4, 0.5) is 0 Å². The number of aromatic amines is 2. The zero-order chi connectivity index (χ0) is 27.5. The van der Waals surface area contributed by atoms with E-state index < -0.39 is 6.04 Å². The maximum Gasteiger partial charge on any atom is 0.274 e. The summed E-state index contributed by atoms with van der Waals surface area (Å²) in [6.07, 6.45) is 2.27. The number of imidazole rings is 1. The van der Waals surface area contributed by atoms with Crippen molar-refractivity contribution in [3.05, 3.63) is 95.0 Å². The van der Waals surface area contributed by atoms with E-state index in [4.69, 9.17) is 0 Å². The largest absolute Gasteiger partial charge is 0.352 e. The van der Waals surface area contributed by atoms with Crippen LogP contribution in [0.2, 0.25) is 0 Å². The Morgan fingerprint density at radius 2 is 1.73 bits per heavy atom. The van der Waals surface area contributed by atoms with E-state index in [2.05, 4.69) is 20.4 Å². The number of amides is 2. The van der Waals surface area contributed by atoms with Gasteiger partial charge in [0.15, 0.2) is 11.0 Å². The Hall–Kier alpha value is -4.79. The van der Waals surface area contributed by atoms with Crippen molar-refractivity contribution in [2.45, 2.75) is 38.3 Å². The Labute approximate surface area is 230 Å². The number of aryl methyl sites for hydroxylation is 1. The van der Waals surface area contributed by atoms with Crippen molar-refractivity contribution in [2.75, 3.05) is 13.1 Å². The first-order chi connectivity index (χ1) is 19.6. The fourth-order valence-electron chi connectivity index (χ4n) is 5.49. The van der Waals surface area contributed by atoms with Crippen LogP contribution in [-0.4, -0.2) is 50.6 Å². The molecule has 3 heterocycles. The van der Waals surface area contributed by atoms with Crippen LogP contribution in [0.15, 0.2) is 83.7 Å². The first-order valence-electron chi connectivity index (χ1n) is 13.7. The van der Waals surface area contributed by atoms with Gasteiger partial charge in [0.25, 0.3) is 11.4 Å². The summed E-state index contributed by atoms with van der Waals surface area (Å²) in [5.41, 5.74) is 3.44. The Balaban J connectivity index is 1.10. The molecular formula is C31H31N6O3+. The van der Waals surface area contributed by atoms with E-state index in [0.717, 1.165) is 39.9 Å². The minimum atomic E-state index is -0.500. The van der Waals surface area contributed by atoms with E-state index in [0.29, 0.717) is 31.2 Å². The Morgan fingerprint density at radius 3 is 2.55 bits per heavy atom. The van der Waals surface area contributed by atoms with Crippen molar-refractivity contribution >= 4 is 33.6 Å². The molecule has 1 aliphatic heterocycles. The first-order valence-corrected chi connectivity index (χ1v) is 13.7. The van der Waals surface area contributed by atoms with Gasteiger partial charge in [-0.2, -0.15) is 5.10 Å². The summed E-state index contributed by atoms with van der Waals surface area (Å²) in [5, 5.41) is 8.98. The number of carbonyl (C=O) groups is 2. The molecule has 1 fully saturated rings. The van der Waals surface area contributed by atoms with Gasteiger partial charge in [-0.15, -0.1) is 0 Å². The Bertz CT molecular complexity index is 1710. The molecule has 0 saturated carbocycles. The molecule has 2 aromatic heterocycles. The van der Waals surface area contributed by atoms with E-state index in [-0.39, 0.29) is 30.5 Å². The molecule has 0 unspecified atom stereocenters. The summed E-state index contributed by atoms with van der Waals surface area (Å²) in [7, 11) is 0. The van der Waals surface area contributed by atoms with Gasteiger partial charge in [0.2, 0.25) is 11.8 Å². The molecule has 6 rings (SSSR count). The highest BCUT2D eigenvalue weighted by Gasteiger charge is 2.34. The van der Waals surface area contributed by atoms with Crippen molar-refractivity contribution in [1.82, 2.24) is 25.0 Å². The third-order valence-electron chi connectivity index (χ3n) is 7.50. The average Bonchev–Trinajstić information content (AvgIpc) is 3.65. The zero-order valence-electron chi connectivity index (χ0n) is 22.1. The fourth-order valence-corrected chi connectivity index (χ4v) is 5.49. The number of hydrogen-bond donors (Lipinski definition) is 2. The molecule has 1 aliphatic rings. The fraction of sp³-hybridized carbons (Fsp3) is 0.258. The molecule has 9 nitrogen and oxygen atoms in total. The lowest BCUT2D eigenvalue weighted by Gasteiger charge is -2.23. The number of benzene rings is 3. The molecule has 0 bridgehead atoms. The number of carbonyl (C=O) groups excluding carboxylic acids is 2. The van der Waals surface area contributed by atoms with Crippen LogP contribution >= 0.6 is 0 Å². The number of rotatable bonds is 8. The van der Waals surface area contributed by atoms with Crippen LogP contribution in [-0.2, 0) is 22.6 Å². The van der Waals surface area contributed by atoms with Gasteiger partial charge in [0.1, 0.15) is 6.04 Å². The van der Waals surface area contributed by atoms with Crippen LogP contribution in [0.1, 0.15) is 25.1 Å². The van der Waals surface area contributed by atoms with Crippen LogP contribution in [0, 0.1) is 0 Å². The second kappa shape index (κ2) is 11.1. The third kappa shape index (κ3) is 5.10. The van der Waals surface area contributed by atoms with Gasteiger partial charge in [-0.25, -0.2) is 14.6 Å². The van der Waals surface area contributed by atoms with Gasteiger partial charge in [0, 0.05) is 30.5 Å². The van der Waals surface area contributed by atoms with Crippen molar-refractivity contribution in [3.8, 4) is 11.3 Å². The number of nitrogens with zero attached hydrogens (tertiary/aromatic N) is 3. The maximum atomic E-state index is 13.2. The van der Waals surface area contributed by atoms with Gasteiger partial charge in [-0.05, 0) is 31.0 Å². The standard InChI is InChI=1S/C31H30N6O3/c38-28(17-16-27-33-24-13-6-7-14-25(24)34-27)36-19-8-15-26(36)30(39)32-18-20-37-31(40)23-12-5-4-11-22(23)29(35-37)21-9-2-1-3-10-21/h1-7,9-14,26H,8,15-20H2,(H,32,39)(H,33,34)/p+1/t26-/m0/s1. The summed E-state index contributed by atoms with van der Waals surface area (Å²) in [6.45, 7) is 1.03. The summed E-state index contributed by atoms with van der Waals surface area (Å²) in [5.74, 6) is 0.655. The predicted octanol–water partition coefficient (Wildman–Crippen LogP) is 3.10. The summed E-state index contributed by atoms with van der Waals surface area (Å²) in [6, 6.07) is 24.6. The molecule has 5 aromatic rings. The van der Waals surface area contributed by atoms with Gasteiger partial charge >= 0.3 is 0 Å². The molecule has 202 valence electrons. The van der Waals surface area contributed by atoms with Crippen LogP contribution in [0.5, 0.6) is 0 Å². The lowest BCUT2D eigenvalue weighted by Crippen LogP contribution is -2.47. The van der Waals surface area contributed by atoms with E-state index in [9.17, 15) is 14.4 Å². The number of aromatic nitrogens is 4. The van der Waals surface area contributed by atoms with E-state index in [1.165, 1.54) is 4.68 Å². The molecule has 1 saturated heterocycles. The molecule has 0 radical (unpaired) electrons. The SMILES string of the molecule is O=C(NCCn1nc(-c2ccccc2)c2ccccc2c1=O)[C@@H]1CCCN1C(=O)CCc1[nH]c2ccccc2[nH+]1. The lowest BCUT2D eigenvalue weighted by molar-refractivity contribution is -0.357. The lowest BCUT2D eigenvalue weighted by atomic mass is 10.1.